The summed E-state index contributed by atoms with van der Waals surface area (Å²) in [5.41, 5.74) is 0.952. The molecule has 5 nitrogen and oxygen atoms in total. The fraction of sp³-hybridized carbons (Fsp3) is 0.368. The molecule has 0 bridgehead atoms. The first kappa shape index (κ1) is 18.8. The Kier molecular flexibility index (Phi) is 5.90. The van der Waals surface area contributed by atoms with Crippen LogP contribution in [0.5, 0.6) is 0 Å². The van der Waals surface area contributed by atoms with E-state index in [1.165, 1.54) is 36.4 Å². The number of nitrogens with one attached hydrogen (secondary N) is 2. The third-order valence-electron chi connectivity index (χ3n) is 4.56. The molecule has 0 radical (unpaired) electrons. The summed E-state index contributed by atoms with van der Waals surface area (Å²) in [5.74, 6) is -0.369. The highest BCUT2D eigenvalue weighted by atomic mass is 32.2. The summed E-state index contributed by atoms with van der Waals surface area (Å²) in [4.78, 5) is 0.125. The van der Waals surface area contributed by atoms with Crippen molar-refractivity contribution in [3.63, 3.8) is 0 Å². The average Bonchev–Trinajstić information content (AvgIpc) is 2.64. The highest BCUT2D eigenvalue weighted by Crippen LogP contribution is 2.23. The van der Waals surface area contributed by atoms with Crippen LogP contribution in [0.15, 0.2) is 53.4 Å². The van der Waals surface area contributed by atoms with Gasteiger partial charge in [-0.15, -0.1) is 0 Å². The van der Waals surface area contributed by atoms with Gasteiger partial charge in [0.25, 0.3) is 0 Å². The summed E-state index contributed by atoms with van der Waals surface area (Å²) < 4.78 is 41.0. The summed E-state index contributed by atoms with van der Waals surface area (Å²) >= 11 is 0. The lowest BCUT2D eigenvalue weighted by molar-refractivity contribution is 0.208. The van der Waals surface area contributed by atoms with Crippen LogP contribution in [0.2, 0.25) is 0 Å². The molecule has 3 rings (SSSR count). The molecular weight excluding hydrogens is 355 g/mol. The second kappa shape index (κ2) is 8.16. The number of hydrogen-bond donors (Lipinski definition) is 3. The zero-order chi connectivity index (χ0) is 18.6. The van der Waals surface area contributed by atoms with Crippen LogP contribution in [0.4, 0.5) is 10.1 Å². The van der Waals surface area contributed by atoms with E-state index in [4.69, 9.17) is 0 Å². The van der Waals surface area contributed by atoms with E-state index in [-0.39, 0.29) is 16.8 Å². The zero-order valence-corrected chi connectivity index (χ0v) is 15.2. The van der Waals surface area contributed by atoms with Crippen LogP contribution in [-0.2, 0) is 10.0 Å². The van der Waals surface area contributed by atoms with Crippen molar-refractivity contribution >= 4 is 15.7 Å². The van der Waals surface area contributed by atoms with Crippen molar-refractivity contribution in [1.29, 1.82) is 0 Å². The number of aliphatic hydroxyl groups is 1. The molecule has 3 N–H and O–H groups in total. The van der Waals surface area contributed by atoms with Gasteiger partial charge in [0.2, 0.25) is 10.0 Å². The molecule has 1 atom stereocenters. The largest absolute Gasteiger partial charge is 0.369 e. The van der Waals surface area contributed by atoms with Crippen molar-refractivity contribution in [2.75, 3.05) is 5.32 Å². The maximum absolute atomic E-state index is 13.0. The average molecular weight is 378 g/mol. The standard InChI is InChI=1S/C19H23FN2O3S/c20-15-9-11-16(12-10-15)21-19(23)14-5-4-8-18(13-14)26(24,25)22-17-6-2-1-3-7-17/h4-5,8-13,17,19,21-23H,1-3,6-7H2. The Labute approximate surface area is 153 Å². The maximum Gasteiger partial charge on any atom is 0.240 e. The van der Waals surface area contributed by atoms with E-state index < -0.39 is 16.3 Å². The van der Waals surface area contributed by atoms with Gasteiger partial charge >= 0.3 is 0 Å². The van der Waals surface area contributed by atoms with Crippen molar-refractivity contribution in [2.45, 2.75) is 49.3 Å². The molecule has 0 amide bonds. The van der Waals surface area contributed by atoms with Crippen molar-refractivity contribution < 1.29 is 17.9 Å². The van der Waals surface area contributed by atoms with Crippen molar-refractivity contribution in [2.24, 2.45) is 0 Å². The number of halogens is 1. The van der Waals surface area contributed by atoms with Crippen molar-refractivity contribution in [3.05, 3.63) is 59.9 Å². The Morgan fingerprint density at radius 3 is 2.42 bits per heavy atom. The fourth-order valence-corrected chi connectivity index (χ4v) is 4.51. The molecule has 0 spiro atoms. The Morgan fingerprint density at radius 2 is 1.73 bits per heavy atom. The zero-order valence-electron chi connectivity index (χ0n) is 14.4. The summed E-state index contributed by atoms with van der Waals surface area (Å²) in [6.07, 6.45) is 3.82. The van der Waals surface area contributed by atoms with E-state index in [2.05, 4.69) is 10.0 Å². The highest BCUT2D eigenvalue weighted by Gasteiger charge is 2.22. The highest BCUT2D eigenvalue weighted by molar-refractivity contribution is 7.89. The summed E-state index contributed by atoms with van der Waals surface area (Å²) in [7, 11) is -3.63. The Bertz CT molecular complexity index is 834. The van der Waals surface area contributed by atoms with Crippen LogP contribution in [-0.4, -0.2) is 19.6 Å². The number of rotatable bonds is 6. The second-order valence-corrected chi connectivity index (χ2v) is 8.30. The molecule has 26 heavy (non-hydrogen) atoms. The molecule has 140 valence electrons. The minimum Gasteiger partial charge on any atom is -0.369 e. The van der Waals surface area contributed by atoms with Gasteiger partial charge in [0.15, 0.2) is 6.23 Å². The number of sulfonamides is 1. The Hall–Kier alpha value is -1.96. The molecule has 1 aliphatic rings. The van der Waals surface area contributed by atoms with Crippen molar-refractivity contribution in [1.82, 2.24) is 4.72 Å². The molecule has 2 aromatic rings. The fourth-order valence-electron chi connectivity index (χ4n) is 3.15. The van der Waals surface area contributed by atoms with Gasteiger partial charge in [-0.2, -0.15) is 0 Å². The molecular formula is C19H23FN2O3S. The first-order valence-corrected chi connectivity index (χ1v) is 10.2. The Balaban J connectivity index is 1.73. The molecule has 1 fully saturated rings. The quantitative estimate of drug-likeness (QED) is 0.672. The number of anilines is 1. The summed E-state index contributed by atoms with van der Waals surface area (Å²) in [5, 5.41) is 13.2. The van der Waals surface area contributed by atoms with Gasteiger partial charge in [-0.25, -0.2) is 17.5 Å². The lowest BCUT2D eigenvalue weighted by atomic mass is 9.96. The Morgan fingerprint density at radius 1 is 1.04 bits per heavy atom. The topological polar surface area (TPSA) is 78.4 Å². The van der Waals surface area contributed by atoms with Crippen LogP contribution >= 0.6 is 0 Å². The lowest BCUT2D eigenvalue weighted by Gasteiger charge is -2.23. The van der Waals surface area contributed by atoms with Crippen LogP contribution in [0.25, 0.3) is 0 Å². The van der Waals surface area contributed by atoms with Crippen LogP contribution in [0, 0.1) is 5.82 Å². The first-order chi connectivity index (χ1) is 12.4. The molecule has 1 aliphatic carbocycles. The minimum absolute atomic E-state index is 0.0281. The normalized spacial score (nSPS) is 17.0. The van der Waals surface area contributed by atoms with E-state index in [1.54, 1.807) is 12.1 Å². The molecule has 0 aromatic heterocycles. The van der Waals surface area contributed by atoms with Gasteiger partial charge in [0, 0.05) is 17.3 Å². The molecule has 7 heteroatoms. The molecule has 0 heterocycles. The first-order valence-electron chi connectivity index (χ1n) is 8.76. The van der Waals surface area contributed by atoms with Gasteiger partial charge in [-0.05, 0) is 49.2 Å². The van der Waals surface area contributed by atoms with Gasteiger partial charge in [-0.1, -0.05) is 31.4 Å². The number of benzene rings is 2. The predicted molar refractivity (Wildman–Crippen MR) is 98.6 cm³/mol. The van der Waals surface area contributed by atoms with Gasteiger partial charge < -0.3 is 10.4 Å². The molecule has 2 aromatic carbocycles. The van der Waals surface area contributed by atoms with Gasteiger partial charge in [0.05, 0.1) is 4.90 Å². The molecule has 1 saturated carbocycles. The number of aliphatic hydroxyl groups excluding tert-OH is 1. The van der Waals surface area contributed by atoms with Gasteiger partial charge in [0.1, 0.15) is 5.82 Å². The van der Waals surface area contributed by atoms with Crippen LogP contribution in [0.1, 0.15) is 43.9 Å². The van der Waals surface area contributed by atoms with E-state index in [0.29, 0.717) is 11.3 Å². The van der Waals surface area contributed by atoms with E-state index in [1.807, 2.05) is 0 Å². The van der Waals surface area contributed by atoms with Crippen LogP contribution in [0.3, 0.4) is 0 Å². The lowest BCUT2D eigenvalue weighted by Crippen LogP contribution is -2.36. The van der Waals surface area contributed by atoms with Crippen LogP contribution < -0.4 is 10.0 Å². The molecule has 1 unspecified atom stereocenters. The van der Waals surface area contributed by atoms with Gasteiger partial charge in [-0.3, -0.25) is 0 Å². The maximum atomic E-state index is 13.0. The summed E-state index contributed by atoms with van der Waals surface area (Å²) in [6, 6.07) is 11.7. The van der Waals surface area contributed by atoms with E-state index >= 15 is 0 Å². The monoisotopic (exact) mass is 378 g/mol. The smallest absolute Gasteiger partial charge is 0.240 e. The van der Waals surface area contributed by atoms with E-state index in [9.17, 15) is 17.9 Å². The van der Waals surface area contributed by atoms with Crippen molar-refractivity contribution in [3.8, 4) is 0 Å². The van der Waals surface area contributed by atoms with E-state index in [0.717, 1.165) is 32.1 Å². The molecule has 0 aliphatic heterocycles. The molecule has 0 saturated heterocycles. The third kappa shape index (κ3) is 4.81. The predicted octanol–water partition coefficient (Wildman–Crippen LogP) is 3.54. The minimum atomic E-state index is -3.63. The SMILES string of the molecule is O=S(=O)(NC1CCCCC1)c1cccc(C(O)Nc2ccc(F)cc2)c1. The number of hydrogen-bond acceptors (Lipinski definition) is 4. The second-order valence-electron chi connectivity index (χ2n) is 6.58. The summed E-state index contributed by atoms with van der Waals surface area (Å²) in [6.45, 7) is 0. The third-order valence-corrected chi connectivity index (χ3v) is 6.08.